The van der Waals surface area contributed by atoms with Crippen molar-refractivity contribution < 1.29 is 23.4 Å². The standard InChI is InChI=1S/C17H12ClFO4/c18-13-7-11(8-15-17(13)23-10-22-15)5-6-16(20)21-9-12-3-1-2-4-14(12)19/h1-8H,9-10H2/b6-5+. The van der Waals surface area contributed by atoms with Crippen molar-refractivity contribution >= 4 is 23.6 Å². The maximum atomic E-state index is 13.4. The number of rotatable bonds is 4. The van der Waals surface area contributed by atoms with E-state index in [-0.39, 0.29) is 13.4 Å². The van der Waals surface area contributed by atoms with Gasteiger partial charge in [0.1, 0.15) is 12.4 Å². The molecule has 0 spiro atoms. The first-order chi connectivity index (χ1) is 11.1. The van der Waals surface area contributed by atoms with Gasteiger partial charge in [-0.3, -0.25) is 0 Å². The summed E-state index contributed by atoms with van der Waals surface area (Å²) in [5.41, 5.74) is 0.988. The molecule has 118 valence electrons. The minimum atomic E-state index is -0.581. The molecule has 0 bridgehead atoms. The predicted molar refractivity (Wildman–Crippen MR) is 82.8 cm³/mol. The second-order valence-electron chi connectivity index (χ2n) is 4.77. The van der Waals surface area contributed by atoms with Gasteiger partial charge in [-0.1, -0.05) is 29.8 Å². The fourth-order valence-corrected chi connectivity index (χ4v) is 2.33. The zero-order chi connectivity index (χ0) is 16.2. The molecular weight excluding hydrogens is 323 g/mol. The molecule has 2 aromatic rings. The Balaban J connectivity index is 1.63. The quantitative estimate of drug-likeness (QED) is 0.627. The second-order valence-corrected chi connectivity index (χ2v) is 5.18. The van der Waals surface area contributed by atoms with Gasteiger partial charge >= 0.3 is 5.97 Å². The number of benzene rings is 2. The Morgan fingerprint density at radius 1 is 1.30 bits per heavy atom. The van der Waals surface area contributed by atoms with E-state index in [4.69, 9.17) is 25.8 Å². The van der Waals surface area contributed by atoms with Crippen LogP contribution >= 0.6 is 11.6 Å². The Hall–Kier alpha value is -2.53. The van der Waals surface area contributed by atoms with Gasteiger partial charge in [0.15, 0.2) is 11.5 Å². The van der Waals surface area contributed by atoms with Crippen LogP contribution in [-0.2, 0) is 16.1 Å². The Kier molecular flexibility index (Phi) is 4.48. The largest absolute Gasteiger partial charge is 0.458 e. The molecule has 0 aliphatic carbocycles. The SMILES string of the molecule is O=C(/C=C/c1cc(Cl)c2c(c1)OCO2)OCc1ccccc1F. The molecule has 0 radical (unpaired) electrons. The average Bonchev–Trinajstić information content (AvgIpc) is 3.01. The molecule has 0 aromatic heterocycles. The highest BCUT2D eigenvalue weighted by Crippen LogP contribution is 2.40. The minimum absolute atomic E-state index is 0.118. The summed E-state index contributed by atoms with van der Waals surface area (Å²) in [7, 11) is 0. The molecule has 1 heterocycles. The number of hydrogen-bond acceptors (Lipinski definition) is 4. The van der Waals surface area contributed by atoms with E-state index < -0.39 is 11.8 Å². The normalized spacial score (nSPS) is 12.6. The van der Waals surface area contributed by atoms with E-state index >= 15 is 0 Å². The number of carbonyl (C=O) groups is 1. The second kappa shape index (κ2) is 6.71. The van der Waals surface area contributed by atoms with Crippen LogP contribution in [0.5, 0.6) is 11.5 Å². The van der Waals surface area contributed by atoms with Gasteiger partial charge in [0, 0.05) is 11.6 Å². The lowest BCUT2D eigenvalue weighted by molar-refractivity contribution is -0.138. The van der Waals surface area contributed by atoms with Crippen LogP contribution in [0, 0.1) is 5.82 Å². The predicted octanol–water partition coefficient (Wildman–Crippen LogP) is 3.96. The third kappa shape index (κ3) is 3.63. The van der Waals surface area contributed by atoms with Crippen molar-refractivity contribution in [1.82, 2.24) is 0 Å². The van der Waals surface area contributed by atoms with Gasteiger partial charge in [-0.25, -0.2) is 9.18 Å². The summed E-state index contributed by atoms with van der Waals surface area (Å²) < 4.78 is 28.9. The minimum Gasteiger partial charge on any atom is -0.458 e. The first kappa shape index (κ1) is 15.4. The molecule has 1 aliphatic rings. The van der Waals surface area contributed by atoms with Gasteiger partial charge in [-0.2, -0.15) is 0 Å². The molecule has 2 aromatic carbocycles. The molecule has 0 amide bonds. The maximum Gasteiger partial charge on any atom is 0.331 e. The number of halogens is 2. The molecule has 4 nitrogen and oxygen atoms in total. The molecule has 0 saturated heterocycles. The van der Waals surface area contributed by atoms with Crippen molar-refractivity contribution in [3.8, 4) is 11.5 Å². The Morgan fingerprint density at radius 2 is 2.13 bits per heavy atom. The van der Waals surface area contributed by atoms with Crippen molar-refractivity contribution in [2.24, 2.45) is 0 Å². The van der Waals surface area contributed by atoms with Crippen molar-refractivity contribution in [2.75, 3.05) is 6.79 Å². The molecule has 6 heteroatoms. The molecule has 0 saturated carbocycles. The molecule has 0 fully saturated rings. The van der Waals surface area contributed by atoms with E-state index in [0.29, 0.717) is 27.6 Å². The Morgan fingerprint density at radius 3 is 2.96 bits per heavy atom. The summed E-state index contributed by atoms with van der Waals surface area (Å²) in [6.07, 6.45) is 2.78. The molecule has 23 heavy (non-hydrogen) atoms. The highest BCUT2D eigenvalue weighted by molar-refractivity contribution is 6.32. The van der Waals surface area contributed by atoms with Crippen molar-refractivity contribution in [2.45, 2.75) is 6.61 Å². The molecule has 1 aliphatic heterocycles. The van der Waals surface area contributed by atoms with Crippen molar-refractivity contribution in [1.29, 1.82) is 0 Å². The number of ether oxygens (including phenoxy) is 3. The van der Waals surface area contributed by atoms with Crippen LogP contribution in [0.1, 0.15) is 11.1 Å². The highest BCUT2D eigenvalue weighted by Gasteiger charge is 2.17. The summed E-state index contributed by atoms with van der Waals surface area (Å²) in [6, 6.07) is 9.47. The number of hydrogen-bond donors (Lipinski definition) is 0. The van der Waals surface area contributed by atoms with E-state index in [1.54, 1.807) is 30.3 Å². The van der Waals surface area contributed by atoms with Crippen LogP contribution in [0.2, 0.25) is 5.02 Å². The third-order valence-corrected chi connectivity index (χ3v) is 3.47. The average molecular weight is 335 g/mol. The number of carbonyl (C=O) groups excluding carboxylic acids is 1. The molecule has 0 atom stereocenters. The Labute approximate surface area is 137 Å². The molecule has 3 rings (SSSR count). The van der Waals surface area contributed by atoms with E-state index in [0.717, 1.165) is 0 Å². The van der Waals surface area contributed by atoms with E-state index in [1.165, 1.54) is 18.2 Å². The lowest BCUT2D eigenvalue weighted by Crippen LogP contribution is -2.02. The third-order valence-electron chi connectivity index (χ3n) is 3.19. The van der Waals surface area contributed by atoms with Crippen LogP contribution in [0.3, 0.4) is 0 Å². The molecule has 0 N–H and O–H groups in total. The van der Waals surface area contributed by atoms with Gasteiger partial charge < -0.3 is 14.2 Å². The summed E-state index contributed by atoms with van der Waals surface area (Å²) in [6.45, 7) is -0.00928. The zero-order valence-electron chi connectivity index (χ0n) is 11.9. The van der Waals surface area contributed by atoms with Crippen LogP contribution in [0.15, 0.2) is 42.5 Å². The Bertz CT molecular complexity index is 773. The highest BCUT2D eigenvalue weighted by atomic mass is 35.5. The number of fused-ring (bicyclic) bond motifs is 1. The molecule has 0 unspecified atom stereocenters. The number of esters is 1. The molecular formula is C17H12ClFO4. The van der Waals surface area contributed by atoms with Crippen LogP contribution in [-0.4, -0.2) is 12.8 Å². The van der Waals surface area contributed by atoms with E-state index in [9.17, 15) is 9.18 Å². The topological polar surface area (TPSA) is 44.8 Å². The fraction of sp³-hybridized carbons (Fsp3) is 0.118. The van der Waals surface area contributed by atoms with E-state index in [2.05, 4.69) is 0 Å². The first-order valence-electron chi connectivity index (χ1n) is 6.81. The van der Waals surface area contributed by atoms with Crippen molar-refractivity contribution in [3.63, 3.8) is 0 Å². The van der Waals surface area contributed by atoms with Gasteiger partial charge in [0.2, 0.25) is 6.79 Å². The van der Waals surface area contributed by atoms with Crippen molar-refractivity contribution in [3.05, 3.63) is 64.4 Å². The van der Waals surface area contributed by atoms with Gasteiger partial charge in [-0.15, -0.1) is 0 Å². The summed E-state index contributed by atoms with van der Waals surface area (Å²) in [5, 5.41) is 0.402. The maximum absolute atomic E-state index is 13.4. The zero-order valence-corrected chi connectivity index (χ0v) is 12.7. The van der Waals surface area contributed by atoms with Gasteiger partial charge in [-0.05, 0) is 29.8 Å². The van der Waals surface area contributed by atoms with Gasteiger partial charge in [0.05, 0.1) is 5.02 Å². The lowest BCUT2D eigenvalue weighted by atomic mass is 10.2. The fourth-order valence-electron chi connectivity index (χ4n) is 2.06. The first-order valence-corrected chi connectivity index (χ1v) is 7.18. The van der Waals surface area contributed by atoms with Crippen LogP contribution in [0.4, 0.5) is 4.39 Å². The smallest absolute Gasteiger partial charge is 0.331 e. The van der Waals surface area contributed by atoms with Crippen LogP contribution in [0.25, 0.3) is 6.08 Å². The van der Waals surface area contributed by atoms with Gasteiger partial charge in [0.25, 0.3) is 0 Å². The van der Waals surface area contributed by atoms with Crippen LogP contribution < -0.4 is 9.47 Å². The van der Waals surface area contributed by atoms with E-state index in [1.807, 2.05) is 0 Å². The summed E-state index contributed by atoms with van der Waals surface area (Å²) in [5.74, 6) is 0.0247. The summed E-state index contributed by atoms with van der Waals surface area (Å²) >= 11 is 6.05. The monoisotopic (exact) mass is 334 g/mol. The lowest BCUT2D eigenvalue weighted by Gasteiger charge is -2.03. The summed E-state index contributed by atoms with van der Waals surface area (Å²) in [4.78, 5) is 11.7.